The first-order valence-corrected chi connectivity index (χ1v) is 14.4. The van der Waals surface area contributed by atoms with Crippen LogP contribution in [0.4, 0.5) is 5.82 Å². The average molecular weight is 551 g/mol. The minimum Gasteiger partial charge on any atom is -0.356 e. The topological polar surface area (TPSA) is 75.2 Å². The molecule has 1 amide bonds. The first-order valence-electron chi connectivity index (χ1n) is 13.1. The van der Waals surface area contributed by atoms with Crippen LogP contribution < -0.4 is 10.2 Å². The van der Waals surface area contributed by atoms with Crippen LogP contribution >= 0.6 is 23.4 Å². The van der Waals surface area contributed by atoms with E-state index in [0.29, 0.717) is 40.6 Å². The molecule has 6 nitrogen and oxygen atoms in total. The molecule has 1 N–H and O–H groups in total. The number of hydrogen-bond acceptors (Lipinski definition) is 6. The molecule has 0 radical (unpaired) electrons. The highest BCUT2D eigenvalue weighted by Gasteiger charge is 2.40. The third-order valence-corrected chi connectivity index (χ3v) is 8.63. The Morgan fingerprint density at radius 2 is 1.74 bits per heavy atom. The number of amides is 1. The van der Waals surface area contributed by atoms with Gasteiger partial charge in [-0.15, -0.1) is 0 Å². The van der Waals surface area contributed by atoms with Gasteiger partial charge in [-0.1, -0.05) is 79.7 Å². The van der Waals surface area contributed by atoms with Crippen LogP contribution in [0.25, 0.3) is 0 Å². The van der Waals surface area contributed by atoms with Crippen LogP contribution in [-0.4, -0.2) is 40.8 Å². The van der Waals surface area contributed by atoms with Gasteiger partial charge in [0.2, 0.25) is 0 Å². The van der Waals surface area contributed by atoms with E-state index >= 15 is 0 Å². The normalized spacial score (nSPS) is 15.8. The van der Waals surface area contributed by atoms with Crippen molar-refractivity contribution < 1.29 is 9.59 Å². The number of piperidine rings is 1. The van der Waals surface area contributed by atoms with Gasteiger partial charge in [0.05, 0.1) is 5.41 Å². The quantitative estimate of drug-likeness (QED) is 0.191. The Bertz CT molecular complexity index is 1280. The van der Waals surface area contributed by atoms with Gasteiger partial charge in [-0.2, -0.15) is 0 Å². The molecule has 2 aromatic carbocycles. The molecule has 0 saturated carbocycles. The molecule has 3 aromatic rings. The van der Waals surface area contributed by atoms with Crippen molar-refractivity contribution in [1.82, 2.24) is 15.3 Å². The Morgan fingerprint density at radius 1 is 1.03 bits per heavy atom. The van der Waals surface area contributed by atoms with Crippen LogP contribution in [0.3, 0.4) is 0 Å². The summed E-state index contributed by atoms with van der Waals surface area (Å²) in [6, 6.07) is 19.6. The summed E-state index contributed by atoms with van der Waals surface area (Å²) in [5, 5.41) is 4.03. The number of halogens is 1. The molecule has 1 saturated heterocycles. The van der Waals surface area contributed by atoms with Crippen molar-refractivity contribution in [1.29, 1.82) is 0 Å². The minimum atomic E-state index is -0.462. The molecule has 4 rings (SSSR count). The van der Waals surface area contributed by atoms with Crippen molar-refractivity contribution >= 4 is 40.9 Å². The largest absolute Gasteiger partial charge is 0.356 e. The highest BCUT2D eigenvalue weighted by molar-refractivity contribution is 7.98. The molecule has 1 aromatic heterocycles. The summed E-state index contributed by atoms with van der Waals surface area (Å²) >= 11 is 7.88. The third kappa shape index (κ3) is 6.56. The Morgan fingerprint density at radius 3 is 2.39 bits per heavy atom. The van der Waals surface area contributed by atoms with Gasteiger partial charge in [0.1, 0.15) is 16.8 Å². The summed E-state index contributed by atoms with van der Waals surface area (Å²) in [5.74, 6) is 1.89. The van der Waals surface area contributed by atoms with Gasteiger partial charge in [0.15, 0.2) is 5.16 Å². The van der Waals surface area contributed by atoms with E-state index in [0.717, 1.165) is 29.8 Å². The van der Waals surface area contributed by atoms with Crippen LogP contribution in [0.1, 0.15) is 62.0 Å². The van der Waals surface area contributed by atoms with Gasteiger partial charge >= 0.3 is 0 Å². The second-order valence-corrected chi connectivity index (χ2v) is 11.6. The van der Waals surface area contributed by atoms with Crippen LogP contribution in [0.2, 0.25) is 5.15 Å². The number of rotatable bonds is 9. The zero-order chi connectivity index (χ0) is 27.3. The highest BCUT2D eigenvalue weighted by atomic mass is 35.5. The number of Topliss-reactive ketones (excluding diaryl/α,β-unsaturated/α-hetero) is 1. The molecular formula is C30H35ClN4O2S. The van der Waals surface area contributed by atoms with E-state index in [1.54, 1.807) is 13.0 Å². The molecule has 1 aliphatic heterocycles. The lowest BCUT2D eigenvalue weighted by molar-refractivity contribution is -0.123. The van der Waals surface area contributed by atoms with Crippen LogP contribution in [0, 0.1) is 5.92 Å². The minimum absolute atomic E-state index is 0.0680. The molecule has 0 bridgehead atoms. The van der Waals surface area contributed by atoms with Gasteiger partial charge in [0.25, 0.3) is 5.91 Å². The maximum absolute atomic E-state index is 12.7. The van der Waals surface area contributed by atoms with Gasteiger partial charge in [-0.3, -0.25) is 9.59 Å². The SMILES string of the molecule is CC(=O)C1(c2ccccc2)CCN(c2cc(Cl)nc(SCc3cccc(C(=O)NC(C)C(C)C)c3)n2)CC1. The number of hydrogen-bond donors (Lipinski definition) is 1. The van der Waals surface area contributed by atoms with Crippen molar-refractivity contribution in [3.8, 4) is 0 Å². The predicted molar refractivity (Wildman–Crippen MR) is 155 cm³/mol. The molecule has 0 spiro atoms. The molecule has 1 aliphatic rings. The van der Waals surface area contributed by atoms with Gasteiger partial charge in [-0.05, 0) is 55.9 Å². The lowest BCUT2D eigenvalue weighted by atomic mass is 9.70. The third-order valence-electron chi connectivity index (χ3n) is 7.52. The molecule has 2 heterocycles. The van der Waals surface area contributed by atoms with Gasteiger partial charge < -0.3 is 10.2 Å². The fourth-order valence-corrected chi connectivity index (χ4v) is 5.76. The number of anilines is 1. The number of carbonyl (C=O) groups is 2. The Kier molecular flexibility index (Phi) is 9.11. The first-order chi connectivity index (χ1) is 18.2. The van der Waals surface area contributed by atoms with Crippen molar-refractivity contribution in [2.75, 3.05) is 18.0 Å². The van der Waals surface area contributed by atoms with E-state index in [4.69, 9.17) is 16.6 Å². The molecule has 38 heavy (non-hydrogen) atoms. The maximum Gasteiger partial charge on any atom is 0.251 e. The van der Waals surface area contributed by atoms with E-state index < -0.39 is 5.41 Å². The molecule has 1 unspecified atom stereocenters. The number of aromatic nitrogens is 2. The second kappa shape index (κ2) is 12.3. The fraction of sp³-hybridized carbons (Fsp3) is 0.400. The monoisotopic (exact) mass is 550 g/mol. The molecule has 200 valence electrons. The summed E-state index contributed by atoms with van der Waals surface area (Å²) in [6.07, 6.45) is 1.45. The number of thioether (sulfide) groups is 1. The summed E-state index contributed by atoms with van der Waals surface area (Å²) in [7, 11) is 0. The summed E-state index contributed by atoms with van der Waals surface area (Å²) in [6.45, 7) is 9.30. The molecular weight excluding hydrogens is 516 g/mol. The van der Waals surface area contributed by atoms with Crippen LogP contribution in [0.15, 0.2) is 65.8 Å². The van der Waals surface area contributed by atoms with Crippen LogP contribution in [0.5, 0.6) is 0 Å². The van der Waals surface area contributed by atoms with E-state index in [1.807, 2.05) is 49.4 Å². The van der Waals surface area contributed by atoms with Crippen molar-refractivity contribution in [3.63, 3.8) is 0 Å². The Labute approximate surface area is 234 Å². The molecule has 1 fully saturated rings. The molecule has 8 heteroatoms. The maximum atomic E-state index is 12.7. The standard InChI is InChI=1S/C30H35ClN4O2S/c1-20(2)21(3)32-28(37)24-10-8-9-23(17-24)19-38-29-33-26(31)18-27(34-29)35-15-13-30(14-16-35,22(4)36)25-11-6-5-7-12-25/h5-12,17-18,20-21H,13-16,19H2,1-4H3,(H,32,37). The van der Waals surface area contributed by atoms with Crippen molar-refractivity contribution in [2.45, 2.75) is 62.9 Å². The van der Waals surface area contributed by atoms with Gasteiger partial charge in [0, 0.05) is 36.5 Å². The summed E-state index contributed by atoms with van der Waals surface area (Å²) in [5.41, 5.74) is 2.27. The number of nitrogens with one attached hydrogen (secondary N) is 1. The van der Waals surface area contributed by atoms with Crippen molar-refractivity contribution in [3.05, 3.63) is 82.5 Å². The van der Waals surface area contributed by atoms with E-state index in [2.05, 4.69) is 41.2 Å². The Balaban J connectivity index is 1.43. The smallest absolute Gasteiger partial charge is 0.251 e. The summed E-state index contributed by atoms with van der Waals surface area (Å²) < 4.78 is 0. The zero-order valence-corrected chi connectivity index (χ0v) is 24.0. The first kappa shape index (κ1) is 28.1. The average Bonchev–Trinajstić information content (AvgIpc) is 2.92. The lowest BCUT2D eigenvalue weighted by Gasteiger charge is -2.41. The van der Waals surface area contributed by atoms with E-state index in [-0.39, 0.29) is 17.7 Å². The summed E-state index contributed by atoms with van der Waals surface area (Å²) in [4.78, 5) is 36.8. The van der Waals surface area contributed by atoms with Crippen LogP contribution in [-0.2, 0) is 16.0 Å². The Hall–Kier alpha value is -2.90. The number of benzene rings is 2. The number of nitrogens with zero attached hydrogens (tertiary/aromatic N) is 3. The number of carbonyl (C=O) groups excluding carboxylic acids is 2. The van der Waals surface area contributed by atoms with Crippen molar-refractivity contribution in [2.24, 2.45) is 5.92 Å². The predicted octanol–water partition coefficient (Wildman–Crippen LogP) is 6.32. The fourth-order valence-electron chi connectivity index (χ4n) is 4.74. The lowest BCUT2D eigenvalue weighted by Crippen LogP contribution is -2.47. The van der Waals surface area contributed by atoms with E-state index in [1.165, 1.54) is 11.8 Å². The highest BCUT2D eigenvalue weighted by Crippen LogP contribution is 2.38. The molecule has 0 aliphatic carbocycles. The zero-order valence-electron chi connectivity index (χ0n) is 22.4. The van der Waals surface area contributed by atoms with E-state index in [9.17, 15) is 9.59 Å². The number of ketones is 1. The molecule has 1 atom stereocenters. The second-order valence-electron chi connectivity index (χ2n) is 10.3. The van der Waals surface area contributed by atoms with Gasteiger partial charge in [-0.25, -0.2) is 9.97 Å².